The highest BCUT2D eigenvalue weighted by molar-refractivity contribution is 7.98. The van der Waals surface area contributed by atoms with Crippen molar-refractivity contribution in [3.05, 3.63) is 53.6 Å². The van der Waals surface area contributed by atoms with E-state index >= 15 is 0 Å². The van der Waals surface area contributed by atoms with Gasteiger partial charge in [-0.05, 0) is 29.8 Å². The zero-order chi connectivity index (χ0) is 15.2. The Morgan fingerprint density at radius 2 is 1.81 bits per heavy atom. The fraction of sp³-hybridized carbons (Fsp3) is 0.188. The van der Waals surface area contributed by atoms with Gasteiger partial charge in [0, 0.05) is 10.6 Å². The molecule has 5 heteroatoms. The van der Waals surface area contributed by atoms with Crippen LogP contribution in [0, 0.1) is 5.41 Å². The van der Waals surface area contributed by atoms with E-state index in [0.717, 1.165) is 22.0 Å². The first-order chi connectivity index (χ1) is 10.2. The van der Waals surface area contributed by atoms with Crippen LogP contribution in [0.2, 0.25) is 0 Å². The molecule has 0 aliphatic carbocycles. The molecule has 0 heterocycles. The van der Waals surface area contributed by atoms with Gasteiger partial charge in [0.25, 0.3) is 0 Å². The predicted molar refractivity (Wildman–Crippen MR) is 86.6 cm³/mol. The van der Waals surface area contributed by atoms with Crippen LogP contribution < -0.4 is 15.2 Å². The van der Waals surface area contributed by atoms with E-state index in [9.17, 15) is 0 Å². The number of thioether (sulfide) groups is 1. The molecule has 2 rings (SSSR count). The van der Waals surface area contributed by atoms with Gasteiger partial charge >= 0.3 is 0 Å². The summed E-state index contributed by atoms with van der Waals surface area (Å²) in [5.74, 6) is 2.29. The first kappa shape index (κ1) is 15.3. The molecule has 0 bridgehead atoms. The van der Waals surface area contributed by atoms with Crippen LogP contribution in [0.4, 0.5) is 0 Å². The molecule has 0 saturated carbocycles. The lowest BCUT2D eigenvalue weighted by Gasteiger charge is -2.11. The van der Waals surface area contributed by atoms with Gasteiger partial charge in [0.05, 0.1) is 19.8 Å². The molecule has 0 aliphatic rings. The maximum absolute atomic E-state index is 7.52. The summed E-state index contributed by atoms with van der Waals surface area (Å²) in [6, 6.07) is 13.6. The number of para-hydroxylation sites is 1. The molecule has 3 N–H and O–H groups in total. The highest BCUT2D eigenvalue weighted by Gasteiger charge is 2.08. The van der Waals surface area contributed by atoms with Gasteiger partial charge in [-0.1, -0.05) is 18.2 Å². The molecule has 0 unspecified atom stereocenters. The van der Waals surface area contributed by atoms with Crippen LogP contribution in [0.5, 0.6) is 11.5 Å². The Morgan fingerprint density at radius 3 is 2.48 bits per heavy atom. The van der Waals surface area contributed by atoms with Crippen molar-refractivity contribution >= 4 is 17.6 Å². The molecule has 0 aromatic heterocycles. The molecule has 0 fully saturated rings. The molecule has 0 spiro atoms. The van der Waals surface area contributed by atoms with Crippen molar-refractivity contribution in [1.29, 1.82) is 5.41 Å². The quantitative estimate of drug-likeness (QED) is 0.488. The van der Waals surface area contributed by atoms with Gasteiger partial charge in [0.1, 0.15) is 17.3 Å². The number of hydrogen-bond acceptors (Lipinski definition) is 4. The van der Waals surface area contributed by atoms with Gasteiger partial charge in [0.2, 0.25) is 0 Å². The van der Waals surface area contributed by atoms with Gasteiger partial charge in [-0.3, -0.25) is 5.41 Å². The number of hydrogen-bond donors (Lipinski definition) is 2. The van der Waals surface area contributed by atoms with Crippen LogP contribution in [0.25, 0.3) is 0 Å². The molecule has 2 aromatic rings. The molecule has 0 aliphatic heterocycles. The molecular formula is C16H18N2O2S. The van der Waals surface area contributed by atoms with E-state index in [0.29, 0.717) is 11.3 Å². The maximum Gasteiger partial charge on any atom is 0.132 e. The van der Waals surface area contributed by atoms with Gasteiger partial charge in [0.15, 0.2) is 0 Å². The van der Waals surface area contributed by atoms with Crippen molar-refractivity contribution in [3.8, 4) is 11.5 Å². The van der Waals surface area contributed by atoms with Crippen molar-refractivity contribution in [2.75, 3.05) is 14.2 Å². The van der Waals surface area contributed by atoms with Crippen molar-refractivity contribution in [1.82, 2.24) is 0 Å². The molecule has 0 atom stereocenters. The Bertz CT molecular complexity index is 644. The first-order valence-electron chi connectivity index (χ1n) is 6.43. The number of ether oxygens (including phenoxy) is 2. The summed E-state index contributed by atoms with van der Waals surface area (Å²) in [6.07, 6.45) is 0. The standard InChI is InChI=1S/C16H18N2O2S/c1-19-13-5-3-4-6-15(13)21-10-11-7-8-12(16(17)18)14(9-11)20-2/h3-9H,10H2,1-2H3,(H3,17,18). The Labute approximate surface area is 128 Å². The summed E-state index contributed by atoms with van der Waals surface area (Å²) in [4.78, 5) is 1.09. The van der Waals surface area contributed by atoms with E-state index in [1.807, 2.05) is 42.5 Å². The number of amidine groups is 1. The van der Waals surface area contributed by atoms with E-state index in [4.69, 9.17) is 20.6 Å². The molecule has 21 heavy (non-hydrogen) atoms. The van der Waals surface area contributed by atoms with Crippen LogP contribution in [0.1, 0.15) is 11.1 Å². The second-order valence-electron chi connectivity index (χ2n) is 4.39. The molecule has 0 amide bonds. The second kappa shape index (κ2) is 7.04. The number of nitrogen functional groups attached to an aromatic ring is 1. The summed E-state index contributed by atoms with van der Waals surface area (Å²) in [5, 5.41) is 7.52. The number of benzene rings is 2. The molecule has 2 aromatic carbocycles. The van der Waals surface area contributed by atoms with Gasteiger partial charge in [-0.25, -0.2) is 0 Å². The monoisotopic (exact) mass is 302 g/mol. The fourth-order valence-electron chi connectivity index (χ4n) is 1.95. The minimum Gasteiger partial charge on any atom is -0.496 e. The van der Waals surface area contributed by atoms with Crippen molar-refractivity contribution in [3.63, 3.8) is 0 Å². The summed E-state index contributed by atoms with van der Waals surface area (Å²) in [7, 11) is 3.25. The average Bonchev–Trinajstić information content (AvgIpc) is 2.52. The smallest absolute Gasteiger partial charge is 0.132 e. The molecule has 0 saturated heterocycles. The Morgan fingerprint density at radius 1 is 1.10 bits per heavy atom. The average molecular weight is 302 g/mol. The Hall–Kier alpha value is -2.14. The zero-order valence-corrected chi connectivity index (χ0v) is 12.9. The maximum atomic E-state index is 7.52. The topological polar surface area (TPSA) is 68.3 Å². The van der Waals surface area contributed by atoms with Gasteiger partial charge < -0.3 is 15.2 Å². The van der Waals surface area contributed by atoms with Crippen LogP contribution in [0.15, 0.2) is 47.4 Å². The second-order valence-corrected chi connectivity index (χ2v) is 5.41. The molecule has 110 valence electrons. The first-order valence-corrected chi connectivity index (χ1v) is 7.41. The van der Waals surface area contributed by atoms with Gasteiger partial charge in [-0.2, -0.15) is 0 Å². The van der Waals surface area contributed by atoms with E-state index in [1.165, 1.54) is 0 Å². The summed E-state index contributed by atoms with van der Waals surface area (Å²) >= 11 is 1.69. The molecule has 0 radical (unpaired) electrons. The lowest BCUT2D eigenvalue weighted by Crippen LogP contribution is -2.12. The van der Waals surface area contributed by atoms with E-state index in [1.54, 1.807) is 26.0 Å². The number of methoxy groups -OCH3 is 2. The number of nitrogens with two attached hydrogens (primary N) is 1. The summed E-state index contributed by atoms with van der Waals surface area (Å²) in [5.41, 5.74) is 7.24. The normalized spacial score (nSPS) is 10.2. The summed E-state index contributed by atoms with van der Waals surface area (Å²) < 4.78 is 10.6. The molecular weight excluding hydrogens is 284 g/mol. The Balaban J connectivity index is 2.15. The minimum atomic E-state index is 0.00998. The van der Waals surface area contributed by atoms with E-state index in [2.05, 4.69) is 0 Å². The van der Waals surface area contributed by atoms with Crippen LogP contribution >= 0.6 is 11.8 Å². The minimum absolute atomic E-state index is 0.00998. The van der Waals surface area contributed by atoms with Crippen LogP contribution in [0.3, 0.4) is 0 Å². The summed E-state index contributed by atoms with van der Waals surface area (Å²) in [6.45, 7) is 0. The third-order valence-corrected chi connectivity index (χ3v) is 4.15. The van der Waals surface area contributed by atoms with Crippen LogP contribution in [-0.4, -0.2) is 20.1 Å². The van der Waals surface area contributed by atoms with Crippen LogP contribution in [-0.2, 0) is 5.75 Å². The van der Waals surface area contributed by atoms with Crippen molar-refractivity contribution in [2.45, 2.75) is 10.6 Å². The van der Waals surface area contributed by atoms with Crippen molar-refractivity contribution in [2.24, 2.45) is 5.73 Å². The van der Waals surface area contributed by atoms with E-state index < -0.39 is 0 Å². The third kappa shape index (κ3) is 3.70. The lowest BCUT2D eigenvalue weighted by atomic mass is 10.1. The van der Waals surface area contributed by atoms with E-state index in [-0.39, 0.29) is 5.84 Å². The van der Waals surface area contributed by atoms with Gasteiger partial charge in [-0.15, -0.1) is 11.8 Å². The Kier molecular flexibility index (Phi) is 5.11. The predicted octanol–water partition coefficient (Wildman–Crippen LogP) is 3.28. The SMILES string of the molecule is COc1ccccc1SCc1ccc(C(=N)N)c(OC)c1. The third-order valence-electron chi connectivity index (χ3n) is 3.02. The molecule has 4 nitrogen and oxygen atoms in total. The van der Waals surface area contributed by atoms with Crippen molar-refractivity contribution < 1.29 is 9.47 Å². The lowest BCUT2D eigenvalue weighted by molar-refractivity contribution is 0.405. The highest BCUT2D eigenvalue weighted by atomic mass is 32.2. The largest absolute Gasteiger partial charge is 0.496 e. The number of nitrogens with one attached hydrogen (secondary N) is 1. The zero-order valence-electron chi connectivity index (χ0n) is 12.1. The fourth-order valence-corrected chi connectivity index (χ4v) is 2.92. The highest BCUT2D eigenvalue weighted by Crippen LogP contribution is 2.32. The number of rotatable bonds is 6.